The summed E-state index contributed by atoms with van der Waals surface area (Å²) < 4.78 is 12.4. The van der Waals surface area contributed by atoms with Crippen LogP contribution in [0, 0.1) is 0 Å². The summed E-state index contributed by atoms with van der Waals surface area (Å²) >= 11 is 21.9. The average molecular weight is 625 g/mol. The third-order valence-corrected chi connectivity index (χ3v) is 6.74. The highest BCUT2D eigenvalue weighted by Gasteiger charge is 2.36. The molecule has 0 saturated carbocycles. The van der Waals surface area contributed by atoms with Gasteiger partial charge < -0.3 is 9.47 Å². The third-order valence-electron chi connectivity index (χ3n) is 5.20. The lowest BCUT2D eigenvalue weighted by molar-refractivity contribution is -0.122. The van der Waals surface area contributed by atoms with Gasteiger partial charge in [0.25, 0.3) is 11.8 Å². The first-order chi connectivity index (χ1) is 17.7. The summed E-state index contributed by atoms with van der Waals surface area (Å²) in [6, 6.07) is 13.9. The summed E-state index contributed by atoms with van der Waals surface area (Å²) in [7, 11) is 0. The molecule has 1 aliphatic rings. The highest BCUT2D eigenvalue weighted by Crippen LogP contribution is 2.38. The van der Waals surface area contributed by atoms with Gasteiger partial charge in [-0.2, -0.15) is 0 Å². The second kappa shape index (κ2) is 11.6. The second-order valence-corrected chi connectivity index (χ2v) is 9.87. The number of imide groups is 2. The Morgan fingerprint density at radius 1 is 0.919 bits per heavy atom. The molecule has 11 heteroatoms. The lowest BCUT2D eigenvalue weighted by Gasteiger charge is -2.26. The Hall–Kier alpha value is -3.04. The molecule has 0 bridgehead atoms. The van der Waals surface area contributed by atoms with Crippen LogP contribution in [0.15, 0.2) is 64.6 Å². The van der Waals surface area contributed by atoms with Crippen LogP contribution >= 0.6 is 50.7 Å². The average Bonchev–Trinajstić information content (AvgIpc) is 2.84. The molecule has 3 aromatic carbocycles. The number of hydrogen-bond acceptors (Lipinski definition) is 5. The number of barbiturate groups is 1. The normalized spacial score (nSPS) is 14.7. The Kier molecular flexibility index (Phi) is 8.44. The van der Waals surface area contributed by atoms with E-state index in [1.165, 1.54) is 12.1 Å². The van der Waals surface area contributed by atoms with Gasteiger partial charge in [-0.15, -0.1) is 0 Å². The summed E-state index contributed by atoms with van der Waals surface area (Å²) in [5.41, 5.74) is 1.23. The molecule has 4 rings (SSSR count). The number of hydrogen-bond donors (Lipinski definition) is 1. The van der Waals surface area contributed by atoms with Gasteiger partial charge in [0.1, 0.15) is 12.2 Å². The first kappa shape index (κ1) is 27.0. The van der Waals surface area contributed by atoms with Crippen molar-refractivity contribution in [1.29, 1.82) is 0 Å². The summed E-state index contributed by atoms with van der Waals surface area (Å²) in [5, 5.41) is 3.21. The summed E-state index contributed by atoms with van der Waals surface area (Å²) in [4.78, 5) is 39.0. The van der Waals surface area contributed by atoms with Gasteiger partial charge in [-0.05, 0) is 72.7 Å². The Bertz CT molecular complexity index is 1430. The fourth-order valence-corrected chi connectivity index (χ4v) is 4.37. The number of nitrogens with zero attached hydrogens (tertiary/aromatic N) is 1. The lowest BCUT2D eigenvalue weighted by atomic mass is 10.1. The van der Waals surface area contributed by atoms with Gasteiger partial charge in [-0.25, -0.2) is 9.69 Å². The van der Waals surface area contributed by atoms with E-state index in [1.807, 2.05) is 0 Å². The summed E-state index contributed by atoms with van der Waals surface area (Å²) in [5.74, 6) is -1.00. The Labute approximate surface area is 236 Å². The molecule has 3 aromatic rings. The van der Waals surface area contributed by atoms with Crippen molar-refractivity contribution in [3.8, 4) is 11.5 Å². The number of anilines is 1. The van der Waals surface area contributed by atoms with Crippen LogP contribution in [0.2, 0.25) is 15.1 Å². The minimum Gasteiger partial charge on any atom is -0.490 e. The lowest BCUT2D eigenvalue weighted by Crippen LogP contribution is -2.54. The van der Waals surface area contributed by atoms with E-state index in [0.717, 1.165) is 14.9 Å². The molecule has 190 valence electrons. The van der Waals surface area contributed by atoms with Gasteiger partial charge in [0.05, 0.1) is 27.4 Å². The Morgan fingerprint density at radius 2 is 1.65 bits per heavy atom. The van der Waals surface area contributed by atoms with Crippen molar-refractivity contribution in [3.63, 3.8) is 0 Å². The summed E-state index contributed by atoms with van der Waals surface area (Å²) in [6.45, 7) is 2.24. The number of benzene rings is 3. The topological polar surface area (TPSA) is 84.9 Å². The smallest absolute Gasteiger partial charge is 0.335 e. The summed E-state index contributed by atoms with van der Waals surface area (Å²) in [6.07, 6.45) is 1.34. The molecule has 0 atom stereocenters. The first-order valence-electron chi connectivity index (χ1n) is 10.9. The van der Waals surface area contributed by atoms with Crippen LogP contribution < -0.4 is 19.7 Å². The van der Waals surface area contributed by atoms with Gasteiger partial charge in [-0.3, -0.25) is 14.9 Å². The Balaban J connectivity index is 1.65. The molecule has 1 fully saturated rings. The maximum atomic E-state index is 13.2. The molecule has 4 amide bonds. The quantitative estimate of drug-likeness (QED) is 0.225. The number of ether oxygens (including phenoxy) is 2. The van der Waals surface area contributed by atoms with Crippen molar-refractivity contribution < 1.29 is 23.9 Å². The molecule has 37 heavy (non-hydrogen) atoms. The minimum absolute atomic E-state index is 0.141. The molecule has 1 saturated heterocycles. The van der Waals surface area contributed by atoms with E-state index in [9.17, 15) is 14.4 Å². The molecule has 0 aromatic heterocycles. The zero-order valence-electron chi connectivity index (χ0n) is 19.2. The van der Waals surface area contributed by atoms with Crippen LogP contribution in [0.1, 0.15) is 18.1 Å². The van der Waals surface area contributed by atoms with Gasteiger partial charge in [0.2, 0.25) is 0 Å². The molecule has 0 unspecified atom stereocenters. The van der Waals surface area contributed by atoms with E-state index >= 15 is 0 Å². The largest absolute Gasteiger partial charge is 0.490 e. The van der Waals surface area contributed by atoms with Gasteiger partial charge in [0, 0.05) is 4.47 Å². The van der Waals surface area contributed by atoms with Crippen LogP contribution in [0.4, 0.5) is 10.5 Å². The highest BCUT2D eigenvalue weighted by atomic mass is 79.9. The first-order valence-corrected chi connectivity index (χ1v) is 12.8. The van der Waals surface area contributed by atoms with Crippen LogP contribution in [0.25, 0.3) is 6.08 Å². The van der Waals surface area contributed by atoms with Crippen molar-refractivity contribution in [3.05, 3.63) is 90.8 Å². The zero-order chi connectivity index (χ0) is 26.7. The number of halogens is 4. The fourth-order valence-electron chi connectivity index (χ4n) is 3.51. The number of urea groups is 1. The van der Waals surface area contributed by atoms with Gasteiger partial charge in [0.15, 0.2) is 11.5 Å². The standard InChI is InChI=1S/C26H18BrCl3N2O5/c1-2-36-22-12-15(11-21(30)23(22)37-13-14-3-8-19(28)20(29)10-14)9-18-24(33)31-26(35)32(25(18)34)17-6-4-16(27)5-7-17/h3-12H,2,13H2,1H3,(H,31,33,35). The number of carbonyl (C=O) groups is 3. The zero-order valence-corrected chi connectivity index (χ0v) is 23.0. The molecule has 1 aliphatic heterocycles. The van der Waals surface area contributed by atoms with E-state index in [0.29, 0.717) is 33.7 Å². The molecule has 1 N–H and O–H groups in total. The van der Waals surface area contributed by atoms with E-state index in [4.69, 9.17) is 44.3 Å². The molecule has 1 heterocycles. The number of carbonyl (C=O) groups excluding carboxylic acids is 3. The van der Waals surface area contributed by atoms with Crippen molar-refractivity contribution in [2.75, 3.05) is 11.5 Å². The van der Waals surface area contributed by atoms with E-state index in [2.05, 4.69) is 21.2 Å². The Morgan fingerprint density at radius 3 is 2.32 bits per heavy atom. The monoisotopic (exact) mass is 622 g/mol. The van der Waals surface area contributed by atoms with Gasteiger partial charge >= 0.3 is 6.03 Å². The van der Waals surface area contributed by atoms with Crippen molar-refractivity contribution in [2.24, 2.45) is 0 Å². The third kappa shape index (κ3) is 6.10. The van der Waals surface area contributed by atoms with Crippen molar-refractivity contribution in [2.45, 2.75) is 13.5 Å². The van der Waals surface area contributed by atoms with E-state index in [1.54, 1.807) is 55.5 Å². The van der Waals surface area contributed by atoms with Crippen LogP contribution in [-0.4, -0.2) is 24.5 Å². The van der Waals surface area contributed by atoms with Crippen LogP contribution in [0.3, 0.4) is 0 Å². The molecule has 0 spiro atoms. The fraction of sp³-hybridized carbons (Fsp3) is 0.115. The molecule has 0 aliphatic carbocycles. The highest BCUT2D eigenvalue weighted by molar-refractivity contribution is 9.10. The number of rotatable bonds is 7. The minimum atomic E-state index is -0.839. The van der Waals surface area contributed by atoms with Crippen molar-refractivity contribution in [1.82, 2.24) is 5.32 Å². The van der Waals surface area contributed by atoms with Crippen LogP contribution in [-0.2, 0) is 16.2 Å². The predicted octanol–water partition coefficient (Wildman–Crippen LogP) is 7.05. The number of nitrogens with one attached hydrogen (secondary N) is 1. The predicted molar refractivity (Wildman–Crippen MR) is 147 cm³/mol. The van der Waals surface area contributed by atoms with E-state index in [-0.39, 0.29) is 23.0 Å². The molecular formula is C26H18BrCl3N2O5. The molecule has 0 radical (unpaired) electrons. The SMILES string of the molecule is CCOc1cc(C=C2C(=O)NC(=O)N(c3ccc(Br)cc3)C2=O)cc(Cl)c1OCc1ccc(Cl)c(Cl)c1. The van der Waals surface area contributed by atoms with Crippen molar-refractivity contribution >= 4 is 80.3 Å². The van der Waals surface area contributed by atoms with E-state index < -0.39 is 17.8 Å². The van der Waals surface area contributed by atoms with Gasteiger partial charge in [-0.1, -0.05) is 56.8 Å². The molecular weight excluding hydrogens is 607 g/mol. The van der Waals surface area contributed by atoms with Crippen LogP contribution in [0.5, 0.6) is 11.5 Å². The molecule has 7 nitrogen and oxygen atoms in total. The maximum Gasteiger partial charge on any atom is 0.335 e. The number of amides is 4. The second-order valence-electron chi connectivity index (χ2n) is 7.73. The maximum absolute atomic E-state index is 13.2.